The van der Waals surface area contributed by atoms with E-state index in [9.17, 15) is 19.2 Å². The van der Waals surface area contributed by atoms with Crippen molar-refractivity contribution >= 4 is 34.7 Å². The Morgan fingerprint density at radius 2 is 1.56 bits per heavy atom. The number of piperidine rings is 1. The molecule has 10 heteroatoms. The number of amides is 4. The van der Waals surface area contributed by atoms with Crippen LogP contribution in [0.3, 0.4) is 0 Å². The lowest BCUT2D eigenvalue weighted by Gasteiger charge is -2.41. The predicted molar refractivity (Wildman–Crippen MR) is 193 cm³/mol. The van der Waals surface area contributed by atoms with Crippen molar-refractivity contribution in [3.05, 3.63) is 107 Å². The van der Waals surface area contributed by atoms with Crippen molar-refractivity contribution in [1.82, 2.24) is 25.8 Å². The van der Waals surface area contributed by atoms with Crippen LogP contribution in [0.5, 0.6) is 0 Å². The van der Waals surface area contributed by atoms with Gasteiger partial charge in [0.2, 0.25) is 11.8 Å². The minimum absolute atomic E-state index is 0.102. The molecular weight excluding hydrogens is 630 g/mol. The summed E-state index contributed by atoms with van der Waals surface area (Å²) in [6, 6.07) is 24.4. The molecule has 10 nitrogen and oxygen atoms in total. The number of aromatic amines is 1. The zero-order valence-electron chi connectivity index (χ0n) is 29.5. The number of ether oxygens (including phenoxy) is 1. The number of carbonyl (C=O) groups is 4. The molecule has 1 spiro atoms. The second-order valence-corrected chi connectivity index (χ2v) is 15.1. The van der Waals surface area contributed by atoms with Crippen molar-refractivity contribution in [3.63, 3.8) is 0 Å². The molecule has 2 atom stereocenters. The van der Waals surface area contributed by atoms with Gasteiger partial charge in [-0.3, -0.25) is 14.4 Å². The molecule has 2 aliphatic rings. The van der Waals surface area contributed by atoms with Gasteiger partial charge in [-0.15, -0.1) is 0 Å². The summed E-state index contributed by atoms with van der Waals surface area (Å²) in [7, 11) is 0. The first kappa shape index (κ1) is 34.7. The standard InChI is InChI=1S/C40H47N5O5/c1-38(2,3)50-37(49)44-39(4,5)36(48)43-32(23-27-25-41-31-18-12-10-15-28(27)31)35(47)45-21-19-40(20-22-45)24-33(29-16-9-11-17-30(29)40)42-34(46)26-13-7-6-8-14-26/h6-18,25,32-33,41H,19-24H2,1-5H3,(H,42,46)(H,43,48)(H,44,49)/t32?,33-/m1/s1. The summed E-state index contributed by atoms with van der Waals surface area (Å²) in [5.74, 6) is -0.765. The van der Waals surface area contributed by atoms with Crippen molar-refractivity contribution in [2.45, 2.75) is 88.9 Å². The van der Waals surface area contributed by atoms with Crippen LogP contribution in [0, 0.1) is 0 Å². The van der Waals surface area contributed by atoms with Gasteiger partial charge in [-0.2, -0.15) is 0 Å². The van der Waals surface area contributed by atoms with Crippen molar-refractivity contribution in [2.24, 2.45) is 0 Å². The number of H-pyrrole nitrogens is 1. The number of aromatic nitrogens is 1. The third-order valence-electron chi connectivity index (χ3n) is 9.96. The van der Waals surface area contributed by atoms with Crippen LogP contribution >= 0.6 is 0 Å². The quantitative estimate of drug-likeness (QED) is 0.184. The van der Waals surface area contributed by atoms with Crippen molar-refractivity contribution in [3.8, 4) is 0 Å². The van der Waals surface area contributed by atoms with Gasteiger partial charge in [-0.05, 0) is 88.8 Å². The Hall–Kier alpha value is -5.12. The molecule has 1 fully saturated rings. The number of hydrogen-bond acceptors (Lipinski definition) is 5. The van der Waals surface area contributed by atoms with Gasteiger partial charge >= 0.3 is 6.09 Å². The van der Waals surface area contributed by atoms with Gasteiger partial charge in [-0.25, -0.2) is 4.79 Å². The smallest absolute Gasteiger partial charge is 0.408 e. The number of alkyl carbamates (subject to hydrolysis) is 1. The molecule has 1 unspecified atom stereocenters. The average Bonchev–Trinajstić information content (AvgIpc) is 3.62. The molecule has 4 aromatic rings. The first-order chi connectivity index (χ1) is 23.7. The maximum absolute atomic E-state index is 14.4. The van der Waals surface area contributed by atoms with Crippen LogP contribution in [0.1, 0.15) is 87.0 Å². The van der Waals surface area contributed by atoms with Gasteiger partial charge < -0.3 is 30.6 Å². The third-order valence-corrected chi connectivity index (χ3v) is 9.96. The number of likely N-dealkylation sites (tertiary alicyclic amines) is 1. The molecule has 6 rings (SSSR count). The molecule has 3 aromatic carbocycles. The van der Waals surface area contributed by atoms with Crippen molar-refractivity contribution in [1.29, 1.82) is 0 Å². The summed E-state index contributed by atoms with van der Waals surface area (Å²) >= 11 is 0. The van der Waals surface area contributed by atoms with Gasteiger partial charge in [0, 0.05) is 47.6 Å². The van der Waals surface area contributed by atoms with Crippen LogP contribution in [0.15, 0.2) is 85.1 Å². The van der Waals surface area contributed by atoms with E-state index in [-0.39, 0.29) is 29.7 Å². The van der Waals surface area contributed by atoms with E-state index < -0.39 is 29.2 Å². The lowest BCUT2D eigenvalue weighted by Crippen LogP contribution is -2.60. The van der Waals surface area contributed by atoms with Crippen LogP contribution < -0.4 is 16.0 Å². The van der Waals surface area contributed by atoms with Crippen LogP contribution in [0.25, 0.3) is 10.9 Å². The molecular formula is C40H47N5O5. The Labute approximate surface area is 293 Å². The number of benzene rings is 3. The van der Waals surface area contributed by atoms with Gasteiger partial charge in [0.25, 0.3) is 5.91 Å². The topological polar surface area (TPSA) is 133 Å². The maximum atomic E-state index is 14.4. The largest absolute Gasteiger partial charge is 0.444 e. The lowest BCUT2D eigenvalue weighted by atomic mass is 9.73. The Morgan fingerprint density at radius 1 is 0.900 bits per heavy atom. The molecule has 4 N–H and O–H groups in total. The minimum Gasteiger partial charge on any atom is -0.444 e. The number of rotatable bonds is 8. The molecule has 1 aromatic heterocycles. The van der Waals surface area contributed by atoms with Gasteiger partial charge in [0.15, 0.2) is 0 Å². The normalized spacial score (nSPS) is 17.5. The first-order valence-corrected chi connectivity index (χ1v) is 17.4. The fourth-order valence-corrected chi connectivity index (χ4v) is 7.38. The SMILES string of the molecule is CC(C)(C)OC(=O)NC(C)(C)C(=O)NC(Cc1c[nH]c2ccccc12)C(=O)N1CCC2(CC1)C[C@@H](NC(=O)c1ccccc1)c1ccccc12. The molecule has 1 aliphatic carbocycles. The second kappa shape index (κ2) is 13.7. The molecule has 2 heterocycles. The Morgan fingerprint density at radius 3 is 2.28 bits per heavy atom. The first-order valence-electron chi connectivity index (χ1n) is 17.4. The summed E-state index contributed by atoms with van der Waals surface area (Å²) in [6.07, 6.45) is 3.65. The molecule has 0 radical (unpaired) electrons. The highest BCUT2D eigenvalue weighted by Gasteiger charge is 2.47. The number of fused-ring (bicyclic) bond motifs is 3. The monoisotopic (exact) mass is 677 g/mol. The van der Waals surface area contributed by atoms with E-state index >= 15 is 0 Å². The zero-order valence-corrected chi connectivity index (χ0v) is 29.5. The molecule has 1 aliphatic heterocycles. The Kier molecular flexibility index (Phi) is 9.48. The highest BCUT2D eigenvalue weighted by atomic mass is 16.6. The van der Waals surface area contributed by atoms with Gasteiger partial charge in [0.1, 0.15) is 17.2 Å². The molecule has 1 saturated heterocycles. The van der Waals surface area contributed by atoms with Crippen LogP contribution in [0.4, 0.5) is 4.79 Å². The van der Waals surface area contributed by atoms with E-state index in [1.807, 2.05) is 77.8 Å². The number of carbonyl (C=O) groups excluding carboxylic acids is 4. The summed E-state index contributed by atoms with van der Waals surface area (Å²) < 4.78 is 5.39. The number of nitrogens with one attached hydrogen (secondary N) is 4. The fraction of sp³-hybridized carbons (Fsp3) is 0.400. The van der Waals surface area contributed by atoms with Gasteiger partial charge in [-0.1, -0.05) is 60.7 Å². The van der Waals surface area contributed by atoms with Crippen LogP contribution in [-0.2, 0) is 26.2 Å². The molecule has 4 amide bonds. The summed E-state index contributed by atoms with van der Waals surface area (Å²) in [4.78, 5) is 59.0. The highest BCUT2D eigenvalue weighted by molar-refractivity contribution is 5.95. The van der Waals surface area contributed by atoms with E-state index in [0.29, 0.717) is 18.7 Å². The van der Waals surface area contributed by atoms with E-state index in [2.05, 4.69) is 33.1 Å². The second-order valence-electron chi connectivity index (χ2n) is 15.1. The maximum Gasteiger partial charge on any atom is 0.408 e. The van der Waals surface area contributed by atoms with E-state index in [4.69, 9.17) is 4.74 Å². The van der Waals surface area contributed by atoms with Crippen molar-refractivity contribution < 1.29 is 23.9 Å². The summed E-state index contributed by atoms with van der Waals surface area (Å²) in [5, 5.41) is 9.89. The third kappa shape index (κ3) is 7.39. The predicted octanol–water partition coefficient (Wildman–Crippen LogP) is 5.93. The van der Waals surface area contributed by atoms with Crippen molar-refractivity contribution in [2.75, 3.05) is 13.1 Å². The van der Waals surface area contributed by atoms with Crippen LogP contribution in [0.2, 0.25) is 0 Å². The van der Waals surface area contributed by atoms with E-state index in [0.717, 1.165) is 41.3 Å². The van der Waals surface area contributed by atoms with E-state index in [1.54, 1.807) is 34.6 Å². The Balaban J connectivity index is 1.19. The fourth-order valence-electron chi connectivity index (χ4n) is 7.38. The summed E-state index contributed by atoms with van der Waals surface area (Å²) in [6.45, 7) is 9.46. The van der Waals surface area contributed by atoms with Crippen LogP contribution in [-0.4, -0.2) is 64.0 Å². The van der Waals surface area contributed by atoms with E-state index in [1.165, 1.54) is 5.56 Å². The minimum atomic E-state index is -1.35. The number of para-hydroxylation sites is 1. The molecule has 262 valence electrons. The molecule has 0 saturated carbocycles. The molecule has 50 heavy (non-hydrogen) atoms. The Bertz CT molecular complexity index is 1880. The molecule has 0 bridgehead atoms. The number of hydrogen-bond donors (Lipinski definition) is 4. The number of nitrogens with zero attached hydrogens (tertiary/aromatic N) is 1. The average molecular weight is 678 g/mol. The lowest BCUT2D eigenvalue weighted by molar-refractivity contribution is -0.139. The summed E-state index contributed by atoms with van der Waals surface area (Å²) in [5.41, 5.74) is 2.57. The van der Waals surface area contributed by atoms with Gasteiger partial charge in [0.05, 0.1) is 6.04 Å². The zero-order chi connectivity index (χ0) is 35.7. The highest BCUT2D eigenvalue weighted by Crippen LogP contribution is 2.50.